The number of anilines is 1. The monoisotopic (exact) mass is 673 g/mol. The van der Waals surface area contributed by atoms with Gasteiger partial charge in [-0.2, -0.15) is 0 Å². The van der Waals surface area contributed by atoms with Gasteiger partial charge in [-0.25, -0.2) is 0 Å². The highest BCUT2D eigenvalue weighted by Gasteiger charge is 2.74. The van der Waals surface area contributed by atoms with Crippen LogP contribution in [0.5, 0.6) is 5.75 Å². The average Bonchev–Trinajstić information content (AvgIpc) is 3.76. The van der Waals surface area contributed by atoms with Crippen molar-refractivity contribution in [3.63, 3.8) is 0 Å². The summed E-state index contributed by atoms with van der Waals surface area (Å²) < 4.78 is 23.6. The van der Waals surface area contributed by atoms with Gasteiger partial charge in [0.25, 0.3) is 5.91 Å². The molecule has 2 saturated heterocycles. The molecular weight excluding hydrogens is 630 g/mol. The predicted octanol–water partition coefficient (Wildman–Crippen LogP) is 2.72. The number of ether oxygens (including phenoxy) is 4. The topological polar surface area (TPSA) is 144 Å². The van der Waals surface area contributed by atoms with Gasteiger partial charge in [-0.1, -0.05) is 61.6 Å². The molecule has 3 amide bonds. The van der Waals surface area contributed by atoms with E-state index in [0.717, 1.165) is 0 Å². The molecule has 12 heteroatoms. The van der Waals surface area contributed by atoms with Crippen molar-refractivity contribution < 1.29 is 43.2 Å². The minimum atomic E-state index is -1.48. The largest absolute Gasteiger partial charge is 0.497 e. The summed E-state index contributed by atoms with van der Waals surface area (Å²) >= 11 is 0. The molecule has 0 aliphatic carbocycles. The van der Waals surface area contributed by atoms with E-state index in [0.29, 0.717) is 29.8 Å². The van der Waals surface area contributed by atoms with Gasteiger partial charge in [0.1, 0.15) is 29.4 Å². The van der Waals surface area contributed by atoms with Gasteiger partial charge in [-0.15, -0.1) is 0 Å². The number of carbonyl (C=O) groups excluding carboxylic acids is 4. The molecule has 2 N–H and O–H groups in total. The lowest BCUT2D eigenvalue weighted by molar-refractivity contribution is -0.162. The zero-order chi connectivity index (χ0) is 34.7. The SMILES string of the molecule is CC[C@@H](CO)N1C(=O)[C@H]2[C@@H]3C(=O)O[C@H](c4ccccc4)[C@@H](COC)NC(=O)CC/C=C\CN(c4ccc(OC)cc4)C(=O)[C@H]1[C@@]21C=C[C@@H]3O1. The third-order valence-corrected chi connectivity index (χ3v) is 9.97. The van der Waals surface area contributed by atoms with Crippen LogP contribution in [0.25, 0.3) is 0 Å². The van der Waals surface area contributed by atoms with Crippen molar-refractivity contribution >= 4 is 29.4 Å². The first-order valence-corrected chi connectivity index (χ1v) is 16.7. The summed E-state index contributed by atoms with van der Waals surface area (Å²) in [6.45, 7) is 1.64. The molecule has 2 aromatic rings. The van der Waals surface area contributed by atoms with E-state index < -0.39 is 65.6 Å². The second-order valence-electron chi connectivity index (χ2n) is 12.7. The zero-order valence-corrected chi connectivity index (χ0v) is 27.9. The number of nitrogens with one attached hydrogen (secondary N) is 1. The number of nitrogens with zero attached hydrogens (tertiary/aromatic N) is 2. The highest BCUT2D eigenvalue weighted by atomic mass is 16.6. The summed E-state index contributed by atoms with van der Waals surface area (Å²) in [6, 6.07) is 13.4. The van der Waals surface area contributed by atoms with Crippen LogP contribution in [0, 0.1) is 11.8 Å². The molecule has 0 saturated carbocycles. The smallest absolute Gasteiger partial charge is 0.313 e. The molecule has 4 aliphatic rings. The Kier molecular flexibility index (Phi) is 10.2. The first-order valence-electron chi connectivity index (χ1n) is 16.7. The van der Waals surface area contributed by atoms with Gasteiger partial charge in [0.2, 0.25) is 11.8 Å². The molecule has 1 spiro atoms. The Morgan fingerprint density at radius 1 is 1.02 bits per heavy atom. The van der Waals surface area contributed by atoms with Crippen LogP contribution in [0.4, 0.5) is 5.69 Å². The normalized spacial score (nSPS) is 31.3. The molecular formula is C37H43N3O9. The van der Waals surface area contributed by atoms with E-state index in [2.05, 4.69) is 5.32 Å². The number of aliphatic hydroxyl groups excluding tert-OH is 1. The minimum absolute atomic E-state index is 0.0566. The number of hydrogen-bond donors (Lipinski definition) is 2. The minimum Gasteiger partial charge on any atom is -0.497 e. The van der Waals surface area contributed by atoms with E-state index in [1.54, 1.807) is 60.6 Å². The van der Waals surface area contributed by atoms with E-state index >= 15 is 0 Å². The average molecular weight is 674 g/mol. The number of esters is 1. The summed E-state index contributed by atoms with van der Waals surface area (Å²) in [6.07, 6.45) is 6.22. The molecule has 2 aromatic carbocycles. The van der Waals surface area contributed by atoms with Crippen LogP contribution in [-0.2, 0) is 33.4 Å². The molecule has 6 rings (SSSR count). The summed E-state index contributed by atoms with van der Waals surface area (Å²) in [4.78, 5) is 60.0. The Morgan fingerprint density at radius 2 is 1.78 bits per heavy atom. The molecule has 49 heavy (non-hydrogen) atoms. The van der Waals surface area contributed by atoms with Crippen molar-refractivity contribution in [2.45, 2.75) is 62.1 Å². The molecule has 260 valence electrons. The quantitative estimate of drug-likeness (QED) is 0.319. The molecule has 12 nitrogen and oxygen atoms in total. The van der Waals surface area contributed by atoms with Crippen molar-refractivity contribution in [3.8, 4) is 5.75 Å². The first kappa shape index (κ1) is 34.3. The summed E-state index contributed by atoms with van der Waals surface area (Å²) in [5.74, 6) is -3.40. The Balaban J connectivity index is 1.47. The fourth-order valence-electron chi connectivity index (χ4n) is 7.60. The van der Waals surface area contributed by atoms with Gasteiger partial charge >= 0.3 is 5.97 Å². The maximum Gasteiger partial charge on any atom is 0.313 e. The first-order chi connectivity index (χ1) is 23.8. The van der Waals surface area contributed by atoms with Gasteiger partial charge in [-0.3, -0.25) is 19.2 Å². The molecule has 0 aromatic heterocycles. The summed E-state index contributed by atoms with van der Waals surface area (Å²) in [7, 11) is 3.05. The van der Waals surface area contributed by atoms with E-state index in [1.165, 1.54) is 12.0 Å². The molecule has 0 unspecified atom stereocenters. The number of cyclic esters (lactones) is 1. The van der Waals surface area contributed by atoms with Crippen LogP contribution in [0.2, 0.25) is 0 Å². The number of hydrogen-bond acceptors (Lipinski definition) is 9. The lowest BCUT2D eigenvalue weighted by Crippen LogP contribution is -2.58. The van der Waals surface area contributed by atoms with Gasteiger partial charge in [0.15, 0.2) is 0 Å². The van der Waals surface area contributed by atoms with Crippen molar-refractivity contribution in [2.24, 2.45) is 11.8 Å². The van der Waals surface area contributed by atoms with Crippen LogP contribution < -0.4 is 15.0 Å². The number of likely N-dealkylation sites (tertiary alicyclic amines) is 1. The van der Waals surface area contributed by atoms with Crippen LogP contribution in [0.3, 0.4) is 0 Å². The maximum atomic E-state index is 14.9. The zero-order valence-electron chi connectivity index (χ0n) is 27.9. The highest BCUT2D eigenvalue weighted by molar-refractivity contribution is 6.05. The third-order valence-electron chi connectivity index (χ3n) is 9.97. The molecule has 4 heterocycles. The number of allylic oxidation sites excluding steroid dienone is 1. The molecule has 8 atom stereocenters. The van der Waals surface area contributed by atoms with Crippen molar-refractivity contribution in [1.82, 2.24) is 10.2 Å². The predicted molar refractivity (Wildman–Crippen MR) is 178 cm³/mol. The van der Waals surface area contributed by atoms with Gasteiger partial charge < -0.3 is 39.2 Å². The highest BCUT2D eigenvalue weighted by Crippen LogP contribution is 2.56. The second kappa shape index (κ2) is 14.5. The third kappa shape index (κ3) is 6.24. The number of fused-ring (bicyclic) bond motifs is 2. The van der Waals surface area contributed by atoms with Gasteiger partial charge in [0.05, 0.1) is 44.4 Å². The van der Waals surface area contributed by atoms with Crippen molar-refractivity contribution in [2.75, 3.05) is 38.9 Å². The number of benzene rings is 2. The summed E-state index contributed by atoms with van der Waals surface area (Å²) in [5.41, 5.74) is -0.286. The van der Waals surface area contributed by atoms with Crippen LogP contribution in [0.1, 0.15) is 37.9 Å². The molecule has 4 aliphatic heterocycles. The number of aliphatic hydroxyl groups is 1. The number of rotatable bonds is 8. The van der Waals surface area contributed by atoms with Crippen LogP contribution in [-0.4, -0.2) is 97.5 Å². The lowest BCUT2D eigenvalue weighted by atomic mass is 9.74. The number of carbonyl (C=O) groups is 4. The Bertz CT molecular complexity index is 1590. The number of methoxy groups -OCH3 is 2. The molecule has 2 fully saturated rings. The Morgan fingerprint density at radius 3 is 2.45 bits per heavy atom. The van der Waals surface area contributed by atoms with E-state index in [9.17, 15) is 24.3 Å². The van der Waals surface area contributed by atoms with E-state index in [-0.39, 0.29) is 32.1 Å². The van der Waals surface area contributed by atoms with Crippen LogP contribution >= 0.6 is 0 Å². The van der Waals surface area contributed by atoms with Crippen molar-refractivity contribution in [1.29, 1.82) is 0 Å². The Hall–Kier alpha value is -4.52. The second-order valence-corrected chi connectivity index (χ2v) is 12.7. The maximum absolute atomic E-state index is 14.9. The van der Waals surface area contributed by atoms with E-state index in [1.807, 2.05) is 37.3 Å². The summed E-state index contributed by atoms with van der Waals surface area (Å²) in [5, 5.41) is 13.5. The standard InChI is InChI=1S/C37H43N3O9/c1-4-24(21-41)40-33-35(44)39(25-14-16-26(47-3)17-15-25)20-10-6-9-13-29(42)38-27(22-46-2)32(23-11-7-5-8-12-23)48-36(45)30-28-18-19-37(33,49-28)31(30)34(40)43/h5-8,10-12,14-19,24,27-28,30-33,41H,4,9,13,20-22H2,1-3H3,(H,38,42)/b10-6-/t24-,27+,28-,30+,31+,32+,33-,37+/m0/s1. The number of amides is 3. The molecule has 0 radical (unpaired) electrons. The fraction of sp³-hybridized carbons (Fsp3) is 0.459. The van der Waals surface area contributed by atoms with Gasteiger partial charge in [0, 0.05) is 25.8 Å². The lowest BCUT2D eigenvalue weighted by Gasteiger charge is -2.38. The molecule has 5 bridgehead atoms. The van der Waals surface area contributed by atoms with E-state index in [4.69, 9.17) is 18.9 Å². The van der Waals surface area contributed by atoms with Gasteiger partial charge in [-0.05, 0) is 42.7 Å². The van der Waals surface area contributed by atoms with Crippen molar-refractivity contribution in [3.05, 3.63) is 84.5 Å². The fourth-order valence-corrected chi connectivity index (χ4v) is 7.60. The van der Waals surface area contributed by atoms with Crippen LogP contribution in [0.15, 0.2) is 78.9 Å². The Labute approximate surface area is 285 Å².